The summed E-state index contributed by atoms with van der Waals surface area (Å²) in [5, 5.41) is 14.2. The Balaban J connectivity index is 2.16. The minimum Gasteiger partial charge on any atom is -0.388 e. The SMILES string of the molecule is Cn1ccc(CC(O)c2cc(F)cc(Br)c2)n1. The standard InChI is InChI=1S/C12H12BrFN2O/c1-16-3-2-11(15-16)7-12(17)8-4-9(13)6-10(14)5-8/h2-6,12,17H,7H2,1H3. The number of aliphatic hydroxyl groups excluding tert-OH is 1. The molecular weight excluding hydrogens is 287 g/mol. The number of rotatable bonds is 3. The lowest BCUT2D eigenvalue weighted by Gasteiger charge is -2.10. The Morgan fingerprint density at radius 1 is 1.47 bits per heavy atom. The molecule has 0 saturated carbocycles. The van der Waals surface area contributed by atoms with E-state index in [2.05, 4.69) is 21.0 Å². The molecule has 0 bridgehead atoms. The summed E-state index contributed by atoms with van der Waals surface area (Å²) < 4.78 is 15.5. The number of nitrogens with zero attached hydrogens (tertiary/aromatic N) is 2. The van der Waals surface area contributed by atoms with Crippen molar-refractivity contribution in [2.75, 3.05) is 0 Å². The third-order valence-electron chi connectivity index (χ3n) is 2.44. The van der Waals surface area contributed by atoms with Gasteiger partial charge in [0.25, 0.3) is 0 Å². The first-order valence-electron chi connectivity index (χ1n) is 5.17. The van der Waals surface area contributed by atoms with E-state index in [1.165, 1.54) is 12.1 Å². The van der Waals surface area contributed by atoms with Crippen LogP contribution in [-0.4, -0.2) is 14.9 Å². The van der Waals surface area contributed by atoms with Gasteiger partial charge in [0.05, 0.1) is 11.8 Å². The van der Waals surface area contributed by atoms with Crippen molar-refractivity contribution >= 4 is 15.9 Å². The van der Waals surface area contributed by atoms with Gasteiger partial charge in [-0.25, -0.2) is 4.39 Å². The molecule has 1 unspecified atom stereocenters. The molecule has 0 aliphatic rings. The van der Waals surface area contributed by atoms with Gasteiger partial charge in [-0.1, -0.05) is 15.9 Å². The van der Waals surface area contributed by atoms with Gasteiger partial charge in [-0.2, -0.15) is 5.10 Å². The summed E-state index contributed by atoms with van der Waals surface area (Å²) in [5.74, 6) is -0.366. The Hall–Kier alpha value is -1.20. The molecule has 1 aromatic heterocycles. The molecule has 0 aliphatic carbocycles. The maximum absolute atomic E-state index is 13.2. The lowest BCUT2D eigenvalue weighted by molar-refractivity contribution is 0.176. The third-order valence-corrected chi connectivity index (χ3v) is 2.90. The van der Waals surface area contributed by atoms with E-state index in [0.29, 0.717) is 16.5 Å². The average Bonchev–Trinajstić information content (AvgIpc) is 2.62. The lowest BCUT2D eigenvalue weighted by atomic mass is 10.1. The molecule has 0 saturated heterocycles. The molecule has 0 aliphatic heterocycles. The summed E-state index contributed by atoms with van der Waals surface area (Å²) in [6.07, 6.45) is 1.43. The summed E-state index contributed by atoms with van der Waals surface area (Å²) in [6, 6.07) is 6.23. The number of aryl methyl sites for hydroxylation is 1. The average molecular weight is 299 g/mol. The van der Waals surface area contributed by atoms with Gasteiger partial charge >= 0.3 is 0 Å². The topological polar surface area (TPSA) is 38.0 Å². The van der Waals surface area contributed by atoms with Crippen molar-refractivity contribution in [2.24, 2.45) is 7.05 Å². The second-order valence-corrected chi connectivity index (χ2v) is 4.82. The van der Waals surface area contributed by atoms with Crippen LogP contribution in [-0.2, 0) is 13.5 Å². The van der Waals surface area contributed by atoms with E-state index in [1.54, 1.807) is 10.7 Å². The van der Waals surface area contributed by atoms with Crippen LogP contribution in [0.2, 0.25) is 0 Å². The molecule has 0 amide bonds. The van der Waals surface area contributed by atoms with E-state index in [9.17, 15) is 9.50 Å². The molecule has 1 N–H and O–H groups in total. The normalized spacial score (nSPS) is 12.7. The fraction of sp³-hybridized carbons (Fsp3) is 0.250. The largest absolute Gasteiger partial charge is 0.388 e. The second kappa shape index (κ2) is 4.98. The molecule has 0 fully saturated rings. The van der Waals surface area contributed by atoms with Crippen LogP contribution in [0.1, 0.15) is 17.4 Å². The van der Waals surface area contributed by atoms with Crippen LogP contribution in [0.15, 0.2) is 34.9 Å². The van der Waals surface area contributed by atoms with Crippen molar-refractivity contribution in [3.05, 3.63) is 52.0 Å². The second-order valence-electron chi connectivity index (χ2n) is 3.90. The van der Waals surface area contributed by atoms with Crippen LogP contribution in [0.25, 0.3) is 0 Å². The van der Waals surface area contributed by atoms with Gasteiger partial charge < -0.3 is 5.11 Å². The Morgan fingerprint density at radius 3 is 2.82 bits per heavy atom. The van der Waals surface area contributed by atoms with Crippen molar-refractivity contribution in [3.8, 4) is 0 Å². The summed E-state index contributed by atoms with van der Waals surface area (Å²) in [6.45, 7) is 0. The fourth-order valence-electron chi connectivity index (χ4n) is 1.66. The van der Waals surface area contributed by atoms with Gasteiger partial charge in [0.1, 0.15) is 5.82 Å². The summed E-state index contributed by atoms with van der Waals surface area (Å²) in [7, 11) is 1.81. The van der Waals surface area contributed by atoms with E-state index in [0.717, 1.165) is 5.69 Å². The lowest BCUT2D eigenvalue weighted by Crippen LogP contribution is -2.03. The Bertz CT molecular complexity index is 507. The van der Waals surface area contributed by atoms with Gasteiger partial charge in [-0.15, -0.1) is 0 Å². The van der Waals surface area contributed by atoms with Crippen LogP contribution in [0, 0.1) is 5.82 Å². The van der Waals surface area contributed by atoms with Gasteiger partial charge in [0.2, 0.25) is 0 Å². The first-order valence-corrected chi connectivity index (χ1v) is 5.96. The summed E-state index contributed by atoms with van der Waals surface area (Å²) in [5.41, 5.74) is 1.32. The van der Waals surface area contributed by atoms with Crippen molar-refractivity contribution in [1.82, 2.24) is 9.78 Å². The number of hydrogen-bond acceptors (Lipinski definition) is 2. The fourth-order valence-corrected chi connectivity index (χ4v) is 2.14. The van der Waals surface area contributed by atoms with Gasteiger partial charge in [-0.3, -0.25) is 4.68 Å². The number of hydrogen-bond donors (Lipinski definition) is 1. The van der Waals surface area contributed by atoms with Gasteiger partial charge in [0.15, 0.2) is 0 Å². The van der Waals surface area contributed by atoms with E-state index in [4.69, 9.17) is 0 Å². The summed E-state index contributed by atoms with van der Waals surface area (Å²) >= 11 is 3.20. The number of aliphatic hydroxyl groups is 1. The quantitative estimate of drug-likeness (QED) is 0.946. The minimum absolute atomic E-state index is 0.366. The third kappa shape index (κ3) is 3.14. The molecule has 3 nitrogen and oxygen atoms in total. The van der Waals surface area contributed by atoms with Crippen molar-refractivity contribution in [2.45, 2.75) is 12.5 Å². The maximum atomic E-state index is 13.2. The predicted octanol–water partition coefficient (Wildman–Crippen LogP) is 2.60. The first-order chi connectivity index (χ1) is 8.04. The zero-order valence-electron chi connectivity index (χ0n) is 9.27. The number of aromatic nitrogens is 2. The van der Waals surface area contributed by atoms with Crippen LogP contribution < -0.4 is 0 Å². The van der Waals surface area contributed by atoms with E-state index < -0.39 is 6.10 Å². The molecule has 0 spiro atoms. The molecule has 17 heavy (non-hydrogen) atoms. The zero-order valence-corrected chi connectivity index (χ0v) is 10.9. The molecule has 5 heteroatoms. The van der Waals surface area contributed by atoms with Gasteiger partial charge in [-0.05, 0) is 29.8 Å². The Morgan fingerprint density at radius 2 is 2.24 bits per heavy atom. The van der Waals surface area contributed by atoms with Crippen LogP contribution in [0.3, 0.4) is 0 Å². The molecular formula is C12H12BrFN2O. The number of halogens is 2. The highest BCUT2D eigenvalue weighted by Gasteiger charge is 2.12. The highest BCUT2D eigenvalue weighted by Crippen LogP contribution is 2.22. The van der Waals surface area contributed by atoms with E-state index >= 15 is 0 Å². The number of benzene rings is 1. The Kier molecular flexibility index (Phi) is 3.59. The molecule has 2 aromatic rings. The van der Waals surface area contributed by atoms with Crippen molar-refractivity contribution < 1.29 is 9.50 Å². The smallest absolute Gasteiger partial charge is 0.124 e. The van der Waals surface area contributed by atoms with Crippen LogP contribution in [0.4, 0.5) is 4.39 Å². The zero-order chi connectivity index (χ0) is 12.4. The van der Waals surface area contributed by atoms with E-state index in [-0.39, 0.29) is 5.82 Å². The first kappa shape index (κ1) is 12.3. The van der Waals surface area contributed by atoms with Crippen LogP contribution >= 0.6 is 15.9 Å². The highest BCUT2D eigenvalue weighted by atomic mass is 79.9. The minimum atomic E-state index is -0.753. The Labute approximate surface area is 107 Å². The molecule has 1 heterocycles. The predicted molar refractivity (Wildman–Crippen MR) is 66.0 cm³/mol. The summed E-state index contributed by atoms with van der Waals surface area (Å²) in [4.78, 5) is 0. The molecule has 1 atom stereocenters. The van der Waals surface area contributed by atoms with Crippen molar-refractivity contribution in [1.29, 1.82) is 0 Å². The van der Waals surface area contributed by atoms with Crippen LogP contribution in [0.5, 0.6) is 0 Å². The molecule has 1 aromatic carbocycles. The van der Waals surface area contributed by atoms with Gasteiger partial charge in [0, 0.05) is 24.1 Å². The molecule has 2 rings (SSSR count). The van der Waals surface area contributed by atoms with Crippen molar-refractivity contribution in [3.63, 3.8) is 0 Å². The monoisotopic (exact) mass is 298 g/mol. The van der Waals surface area contributed by atoms with E-state index in [1.807, 2.05) is 19.3 Å². The molecule has 0 radical (unpaired) electrons. The molecule has 90 valence electrons. The maximum Gasteiger partial charge on any atom is 0.124 e. The highest BCUT2D eigenvalue weighted by molar-refractivity contribution is 9.10.